The Morgan fingerprint density at radius 2 is 1.46 bits per heavy atom. The summed E-state index contributed by atoms with van der Waals surface area (Å²) in [6.45, 7) is 1.73. The van der Waals surface area contributed by atoms with Gasteiger partial charge in [-0.1, -0.05) is 66.7 Å². The van der Waals surface area contributed by atoms with E-state index in [1.807, 2.05) is 54.0 Å². The van der Waals surface area contributed by atoms with Crippen LogP contribution in [0, 0.1) is 0 Å². The molecule has 26 heavy (non-hydrogen) atoms. The van der Waals surface area contributed by atoms with Crippen LogP contribution in [-0.2, 0) is 17.9 Å². The Morgan fingerprint density at radius 3 is 2.12 bits per heavy atom. The van der Waals surface area contributed by atoms with E-state index < -0.39 is 11.8 Å². The average Bonchev–Trinajstić information content (AvgIpc) is 3.13. The van der Waals surface area contributed by atoms with Gasteiger partial charge in [-0.25, -0.2) is 5.48 Å². The minimum Gasteiger partial charge on any atom is -0.363 e. The summed E-state index contributed by atoms with van der Waals surface area (Å²) in [5.41, 5.74) is 7.27. The van der Waals surface area contributed by atoms with E-state index in [-0.39, 0.29) is 0 Å². The number of hydroxylamine groups is 1. The molecule has 3 aromatic carbocycles. The molecule has 0 saturated carbocycles. The lowest BCUT2D eigenvalue weighted by Gasteiger charge is -2.21. The SMILES string of the molecule is O=C(NO)C(c1ccccc1)c1cccc(N2Cc3ccccc3C2)c1. The number of carbonyl (C=O) groups is 1. The Kier molecular flexibility index (Phi) is 4.42. The standard InChI is InChI=1S/C22H20N2O2/c25-22(23-26)21(16-7-2-1-3-8-16)17-11-6-12-20(13-17)24-14-18-9-4-5-10-19(18)15-24/h1-13,21,26H,14-15H2,(H,23,25). The molecule has 0 spiro atoms. The third kappa shape index (κ3) is 3.07. The van der Waals surface area contributed by atoms with E-state index in [0.717, 1.165) is 29.9 Å². The zero-order valence-corrected chi connectivity index (χ0v) is 14.3. The smallest absolute Gasteiger partial charge is 0.255 e. The monoisotopic (exact) mass is 344 g/mol. The van der Waals surface area contributed by atoms with E-state index in [1.54, 1.807) is 0 Å². The Hall–Kier alpha value is -3.11. The number of fused-ring (bicyclic) bond motifs is 1. The highest BCUT2D eigenvalue weighted by Gasteiger charge is 2.24. The normalized spacial score (nSPS) is 14.0. The summed E-state index contributed by atoms with van der Waals surface area (Å²) in [5, 5.41) is 9.22. The van der Waals surface area contributed by atoms with E-state index in [2.05, 4.69) is 35.2 Å². The van der Waals surface area contributed by atoms with Crippen LogP contribution in [-0.4, -0.2) is 11.1 Å². The maximum Gasteiger partial charge on any atom is 0.255 e. The summed E-state index contributed by atoms with van der Waals surface area (Å²) < 4.78 is 0. The summed E-state index contributed by atoms with van der Waals surface area (Å²) in [6.07, 6.45) is 0. The fourth-order valence-corrected chi connectivity index (χ4v) is 3.62. The van der Waals surface area contributed by atoms with E-state index >= 15 is 0 Å². The number of nitrogens with zero attached hydrogens (tertiary/aromatic N) is 1. The van der Waals surface area contributed by atoms with Crippen LogP contribution in [0.25, 0.3) is 0 Å². The van der Waals surface area contributed by atoms with Crippen LogP contribution in [0.3, 0.4) is 0 Å². The highest BCUT2D eigenvalue weighted by molar-refractivity contribution is 5.86. The molecule has 4 rings (SSSR count). The molecule has 0 aromatic heterocycles. The molecule has 0 fully saturated rings. The fraction of sp³-hybridized carbons (Fsp3) is 0.136. The quantitative estimate of drug-likeness (QED) is 0.558. The molecule has 1 aliphatic rings. The number of benzene rings is 3. The first-order valence-corrected chi connectivity index (χ1v) is 8.67. The van der Waals surface area contributed by atoms with E-state index in [0.29, 0.717) is 0 Å². The van der Waals surface area contributed by atoms with Gasteiger partial charge in [0.15, 0.2) is 0 Å². The van der Waals surface area contributed by atoms with Crippen molar-refractivity contribution in [2.45, 2.75) is 19.0 Å². The minimum absolute atomic E-state index is 0.432. The molecular formula is C22H20N2O2. The van der Waals surface area contributed by atoms with Gasteiger partial charge < -0.3 is 4.90 Å². The van der Waals surface area contributed by atoms with Gasteiger partial charge in [0, 0.05) is 18.8 Å². The van der Waals surface area contributed by atoms with Crippen LogP contribution in [0.15, 0.2) is 78.9 Å². The van der Waals surface area contributed by atoms with Crippen molar-refractivity contribution in [1.82, 2.24) is 5.48 Å². The topological polar surface area (TPSA) is 52.6 Å². The summed E-state index contributed by atoms with van der Waals surface area (Å²) >= 11 is 0. The summed E-state index contributed by atoms with van der Waals surface area (Å²) in [7, 11) is 0. The second-order valence-corrected chi connectivity index (χ2v) is 6.54. The zero-order valence-electron chi connectivity index (χ0n) is 14.3. The Balaban J connectivity index is 1.67. The van der Waals surface area contributed by atoms with Crippen molar-refractivity contribution >= 4 is 11.6 Å². The Bertz CT molecular complexity index is 899. The lowest BCUT2D eigenvalue weighted by atomic mass is 9.90. The molecule has 1 atom stereocenters. The molecule has 0 radical (unpaired) electrons. The molecule has 2 N–H and O–H groups in total. The fourth-order valence-electron chi connectivity index (χ4n) is 3.62. The lowest BCUT2D eigenvalue weighted by Crippen LogP contribution is -2.27. The molecule has 130 valence electrons. The molecule has 0 saturated heterocycles. The second-order valence-electron chi connectivity index (χ2n) is 6.54. The number of amides is 1. The van der Waals surface area contributed by atoms with Crippen LogP contribution < -0.4 is 10.4 Å². The molecule has 4 heteroatoms. The predicted octanol–water partition coefficient (Wildman–Crippen LogP) is 3.84. The van der Waals surface area contributed by atoms with Crippen LogP contribution in [0.4, 0.5) is 5.69 Å². The first-order chi connectivity index (χ1) is 12.8. The third-order valence-electron chi connectivity index (χ3n) is 4.91. The van der Waals surface area contributed by atoms with Gasteiger partial charge in [-0.2, -0.15) is 0 Å². The van der Waals surface area contributed by atoms with E-state index in [9.17, 15) is 10.0 Å². The van der Waals surface area contributed by atoms with E-state index in [4.69, 9.17) is 0 Å². The van der Waals surface area contributed by atoms with Gasteiger partial charge in [-0.05, 0) is 34.4 Å². The second kappa shape index (κ2) is 7.02. The third-order valence-corrected chi connectivity index (χ3v) is 4.91. The van der Waals surface area contributed by atoms with Crippen molar-refractivity contribution in [3.63, 3.8) is 0 Å². The van der Waals surface area contributed by atoms with Crippen LogP contribution in [0.1, 0.15) is 28.2 Å². The van der Waals surface area contributed by atoms with Crippen molar-refractivity contribution < 1.29 is 10.0 Å². The van der Waals surface area contributed by atoms with Crippen LogP contribution in [0.5, 0.6) is 0 Å². The summed E-state index contributed by atoms with van der Waals surface area (Å²) in [4.78, 5) is 14.6. The Morgan fingerprint density at radius 1 is 0.846 bits per heavy atom. The molecule has 3 aromatic rings. The minimum atomic E-state index is -0.550. The van der Waals surface area contributed by atoms with Gasteiger partial charge in [0.2, 0.25) is 0 Å². The highest BCUT2D eigenvalue weighted by Crippen LogP contribution is 2.32. The van der Waals surface area contributed by atoms with Gasteiger partial charge in [-0.3, -0.25) is 10.0 Å². The molecule has 4 nitrogen and oxygen atoms in total. The zero-order chi connectivity index (χ0) is 17.9. The summed E-state index contributed by atoms with van der Waals surface area (Å²) in [6, 6.07) is 26.0. The number of anilines is 1. The molecule has 0 bridgehead atoms. The molecular weight excluding hydrogens is 324 g/mol. The van der Waals surface area contributed by atoms with Gasteiger partial charge in [0.1, 0.15) is 0 Å². The molecule has 1 heterocycles. The first-order valence-electron chi connectivity index (χ1n) is 8.67. The van der Waals surface area contributed by atoms with Crippen LogP contribution >= 0.6 is 0 Å². The maximum atomic E-state index is 12.3. The van der Waals surface area contributed by atoms with Crippen molar-refractivity contribution in [3.05, 3.63) is 101 Å². The molecule has 1 amide bonds. The maximum absolute atomic E-state index is 12.3. The number of hydrogen-bond donors (Lipinski definition) is 2. The largest absolute Gasteiger partial charge is 0.363 e. The number of hydrogen-bond acceptors (Lipinski definition) is 3. The van der Waals surface area contributed by atoms with Gasteiger partial charge in [0.05, 0.1) is 5.92 Å². The summed E-state index contributed by atoms with van der Waals surface area (Å²) in [5.74, 6) is -0.982. The first kappa shape index (κ1) is 16.4. The lowest BCUT2D eigenvalue weighted by molar-refractivity contribution is -0.129. The van der Waals surface area contributed by atoms with Crippen molar-refractivity contribution in [1.29, 1.82) is 0 Å². The number of carbonyl (C=O) groups excluding carboxylic acids is 1. The van der Waals surface area contributed by atoms with Crippen molar-refractivity contribution in [3.8, 4) is 0 Å². The number of nitrogens with one attached hydrogen (secondary N) is 1. The molecule has 1 aliphatic heterocycles. The van der Waals surface area contributed by atoms with E-state index in [1.165, 1.54) is 11.1 Å². The van der Waals surface area contributed by atoms with Crippen LogP contribution in [0.2, 0.25) is 0 Å². The van der Waals surface area contributed by atoms with Crippen molar-refractivity contribution in [2.75, 3.05) is 4.90 Å². The predicted molar refractivity (Wildman–Crippen MR) is 101 cm³/mol. The van der Waals surface area contributed by atoms with Crippen molar-refractivity contribution in [2.24, 2.45) is 0 Å². The van der Waals surface area contributed by atoms with Gasteiger partial charge in [0.25, 0.3) is 5.91 Å². The Labute approximate surface area is 152 Å². The van der Waals surface area contributed by atoms with Gasteiger partial charge >= 0.3 is 0 Å². The number of rotatable bonds is 4. The molecule has 1 unspecified atom stereocenters. The average molecular weight is 344 g/mol. The molecule has 0 aliphatic carbocycles. The highest BCUT2D eigenvalue weighted by atomic mass is 16.5. The van der Waals surface area contributed by atoms with Gasteiger partial charge in [-0.15, -0.1) is 0 Å².